The molecule has 0 amide bonds. The lowest BCUT2D eigenvalue weighted by Gasteiger charge is -2.30. The largest absolute Gasteiger partial charge is 0.454 e. The molecule has 4 rings (SSSR count). The Morgan fingerprint density at radius 1 is 0.733 bits per heavy atom. The van der Waals surface area contributed by atoms with Crippen LogP contribution in [0.2, 0.25) is 0 Å². The third kappa shape index (κ3) is 4.82. The molecule has 2 heterocycles. The maximum atomic E-state index is 10.7. The summed E-state index contributed by atoms with van der Waals surface area (Å²) < 4.78 is 21.9. The maximum absolute atomic E-state index is 10.7. The molecule has 30 heavy (non-hydrogen) atoms. The average Bonchev–Trinajstić information content (AvgIpc) is 3.37. The van der Waals surface area contributed by atoms with Gasteiger partial charge < -0.3 is 29.2 Å². The minimum absolute atomic E-state index is 0.0366. The summed E-state index contributed by atoms with van der Waals surface area (Å²) in [6.07, 6.45) is 2.19. The van der Waals surface area contributed by atoms with Gasteiger partial charge in [-0.15, -0.1) is 0 Å². The van der Waals surface area contributed by atoms with Crippen molar-refractivity contribution in [2.45, 2.75) is 51.7 Å². The van der Waals surface area contributed by atoms with Crippen LogP contribution in [0.1, 0.15) is 37.8 Å². The fourth-order valence-corrected chi connectivity index (χ4v) is 4.36. The van der Waals surface area contributed by atoms with Crippen LogP contribution in [0.4, 0.5) is 0 Å². The fraction of sp³-hybridized carbons (Fsp3) is 0.500. The predicted molar refractivity (Wildman–Crippen MR) is 112 cm³/mol. The highest BCUT2D eigenvalue weighted by Crippen LogP contribution is 2.37. The van der Waals surface area contributed by atoms with E-state index >= 15 is 0 Å². The monoisotopic (exact) mass is 414 g/mol. The molecule has 0 aliphatic carbocycles. The summed E-state index contributed by atoms with van der Waals surface area (Å²) in [5.74, 6) is 3.30. The summed E-state index contributed by atoms with van der Waals surface area (Å²) >= 11 is 0. The molecule has 0 saturated heterocycles. The Kier molecular flexibility index (Phi) is 6.35. The lowest BCUT2D eigenvalue weighted by Crippen LogP contribution is -2.30. The van der Waals surface area contributed by atoms with Crippen LogP contribution in [-0.4, -0.2) is 36.0 Å². The predicted octanol–water partition coefficient (Wildman–Crippen LogP) is 3.70. The molecule has 0 spiro atoms. The zero-order chi connectivity index (χ0) is 21.1. The lowest BCUT2D eigenvalue weighted by molar-refractivity contribution is 0.0751. The van der Waals surface area contributed by atoms with E-state index in [2.05, 4.69) is 6.07 Å². The molecule has 0 radical (unpaired) electrons. The first kappa shape index (κ1) is 20.8. The number of fused-ring (bicyclic) bond motifs is 2. The zero-order valence-corrected chi connectivity index (χ0v) is 17.5. The number of rotatable bonds is 9. The van der Waals surface area contributed by atoms with Gasteiger partial charge in [0, 0.05) is 0 Å². The zero-order valence-electron chi connectivity index (χ0n) is 17.5. The smallest absolute Gasteiger partial charge is 0.231 e. The van der Waals surface area contributed by atoms with Crippen LogP contribution in [0, 0.1) is 11.8 Å². The van der Waals surface area contributed by atoms with Crippen molar-refractivity contribution in [3.63, 3.8) is 0 Å². The second-order valence-corrected chi connectivity index (χ2v) is 8.37. The molecule has 6 heteroatoms. The van der Waals surface area contributed by atoms with Crippen molar-refractivity contribution in [1.29, 1.82) is 0 Å². The van der Waals surface area contributed by atoms with E-state index in [4.69, 9.17) is 18.9 Å². The highest BCUT2D eigenvalue weighted by atomic mass is 16.7. The van der Waals surface area contributed by atoms with Crippen LogP contribution in [0.15, 0.2) is 36.4 Å². The van der Waals surface area contributed by atoms with Crippen LogP contribution in [0.5, 0.6) is 23.0 Å². The number of aliphatic hydroxyl groups is 2. The minimum Gasteiger partial charge on any atom is -0.454 e. The first-order valence-corrected chi connectivity index (χ1v) is 10.6. The van der Waals surface area contributed by atoms with Gasteiger partial charge in [-0.1, -0.05) is 12.1 Å². The molecule has 2 aliphatic rings. The second-order valence-electron chi connectivity index (χ2n) is 8.37. The standard InChI is InChI=1S/C24H30O6/c1-15(25)3-6-19(9-17-4-7-21-23(11-17)29-13-27-21)20(16(2)26)10-18-5-8-22-24(12-18)30-14-28-22/h4-5,7-8,11-12,15-16,19-20,25-26H,3,6,9-10,13-14H2,1-2H3/t15-,16-,19-,20+/m0/s1. The molecule has 162 valence electrons. The summed E-state index contributed by atoms with van der Waals surface area (Å²) in [5, 5.41) is 20.6. The van der Waals surface area contributed by atoms with E-state index in [0.29, 0.717) is 6.42 Å². The Hall–Kier alpha value is -2.44. The molecular formula is C24H30O6. The summed E-state index contributed by atoms with van der Waals surface area (Å²) in [4.78, 5) is 0. The highest BCUT2D eigenvalue weighted by Gasteiger charge is 2.28. The first-order chi connectivity index (χ1) is 14.5. The molecule has 0 saturated carbocycles. The Labute approximate surface area is 177 Å². The number of aliphatic hydroxyl groups excluding tert-OH is 2. The Morgan fingerprint density at radius 3 is 1.80 bits per heavy atom. The van der Waals surface area contributed by atoms with Gasteiger partial charge >= 0.3 is 0 Å². The van der Waals surface area contributed by atoms with Crippen molar-refractivity contribution < 1.29 is 29.2 Å². The maximum Gasteiger partial charge on any atom is 0.231 e. The van der Waals surface area contributed by atoms with Crippen LogP contribution >= 0.6 is 0 Å². The van der Waals surface area contributed by atoms with Crippen molar-refractivity contribution in [3.8, 4) is 23.0 Å². The van der Waals surface area contributed by atoms with E-state index in [1.165, 1.54) is 0 Å². The number of benzene rings is 2. The second kappa shape index (κ2) is 9.14. The van der Waals surface area contributed by atoms with E-state index in [1.807, 2.05) is 44.2 Å². The molecule has 0 bridgehead atoms. The van der Waals surface area contributed by atoms with Crippen molar-refractivity contribution in [3.05, 3.63) is 47.5 Å². The van der Waals surface area contributed by atoms with Crippen molar-refractivity contribution in [1.82, 2.24) is 0 Å². The number of ether oxygens (including phenoxy) is 4. The first-order valence-electron chi connectivity index (χ1n) is 10.6. The molecule has 6 nitrogen and oxygen atoms in total. The Balaban J connectivity index is 1.54. The molecule has 2 aliphatic heterocycles. The summed E-state index contributed by atoms with van der Waals surface area (Å²) in [7, 11) is 0. The number of hydrogen-bond acceptors (Lipinski definition) is 6. The molecule has 4 atom stereocenters. The lowest BCUT2D eigenvalue weighted by atomic mass is 9.77. The van der Waals surface area contributed by atoms with Gasteiger partial charge in [-0.05, 0) is 86.8 Å². The van der Waals surface area contributed by atoms with Gasteiger partial charge in [0.05, 0.1) is 12.2 Å². The minimum atomic E-state index is -0.483. The molecule has 0 unspecified atom stereocenters. The summed E-state index contributed by atoms with van der Waals surface area (Å²) in [6, 6.07) is 12.0. The molecular weight excluding hydrogens is 384 g/mol. The van der Waals surface area contributed by atoms with Gasteiger partial charge in [-0.3, -0.25) is 0 Å². The van der Waals surface area contributed by atoms with E-state index in [-0.39, 0.29) is 31.5 Å². The Bertz CT molecular complexity index is 863. The number of hydrogen-bond donors (Lipinski definition) is 2. The molecule has 2 N–H and O–H groups in total. The van der Waals surface area contributed by atoms with Gasteiger partial charge in [0.2, 0.25) is 13.6 Å². The molecule has 2 aromatic rings. The van der Waals surface area contributed by atoms with Crippen LogP contribution in [-0.2, 0) is 12.8 Å². The molecule has 0 aromatic heterocycles. The Morgan fingerprint density at radius 2 is 1.27 bits per heavy atom. The van der Waals surface area contributed by atoms with E-state index in [1.54, 1.807) is 0 Å². The van der Waals surface area contributed by atoms with E-state index in [9.17, 15) is 10.2 Å². The van der Waals surface area contributed by atoms with Crippen LogP contribution < -0.4 is 18.9 Å². The van der Waals surface area contributed by atoms with Gasteiger partial charge in [0.1, 0.15) is 0 Å². The van der Waals surface area contributed by atoms with E-state index in [0.717, 1.165) is 53.4 Å². The highest BCUT2D eigenvalue weighted by molar-refractivity contribution is 5.45. The van der Waals surface area contributed by atoms with Crippen molar-refractivity contribution in [2.75, 3.05) is 13.6 Å². The summed E-state index contributed by atoms with van der Waals surface area (Å²) in [6.45, 7) is 4.17. The fourth-order valence-electron chi connectivity index (χ4n) is 4.36. The van der Waals surface area contributed by atoms with Gasteiger partial charge in [0.15, 0.2) is 23.0 Å². The summed E-state index contributed by atoms with van der Waals surface area (Å²) in [5.41, 5.74) is 2.25. The van der Waals surface area contributed by atoms with Crippen LogP contribution in [0.3, 0.4) is 0 Å². The van der Waals surface area contributed by atoms with E-state index < -0.39 is 6.10 Å². The van der Waals surface area contributed by atoms with Gasteiger partial charge in [0.25, 0.3) is 0 Å². The quantitative estimate of drug-likeness (QED) is 0.652. The van der Waals surface area contributed by atoms with Crippen molar-refractivity contribution in [2.24, 2.45) is 11.8 Å². The van der Waals surface area contributed by atoms with Crippen LogP contribution in [0.25, 0.3) is 0 Å². The average molecular weight is 414 g/mol. The molecule has 2 aromatic carbocycles. The third-order valence-corrected chi connectivity index (χ3v) is 6.02. The van der Waals surface area contributed by atoms with Gasteiger partial charge in [-0.25, -0.2) is 0 Å². The van der Waals surface area contributed by atoms with Gasteiger partial charge in [-0.2, -0.15) is 0 Å². The molecule has 0 fully saturated rings. The SMILES string of the molecule is C[C@H](O)CC[C@@H](Cc1ccc2c(c1)OCO2)[C@H](Cc1ccc2c(c1)OCO2)[C@H](C)O. The third-order valence-electron chi connectivity index (χ3n) is 6.02. The topological polar surface area (TPSA) is 77.4 Å². The normalized spacial score (nSPS) is 18.1. The van der Waals surface area contributed by atoms with Crippen molar-refractivity contribution >= 4 is 0 Å².